The van der Waals surface area contributed by atoms with Gasteiger partial charge >= 0.3 is 0 Å². The molecular formula is C30H39N3O6S. The molecule has 3 aromatic carbocycles. The van der Waals surface area contributed by atoms with Gasteiger partial charge in [0.05, 0.1) is 17.2 Å². The van der Waals surface area contributed by atoms with E-state index in [1.807, 2.05) is 18.2 Å². The second-order valence-electron chi connectivity index (χ2n) is 9.86. The molecule has 0 heterocycles. The standard InChI is InChI=1S/C30H39N3O6S/c1-3-4-5-6-7-8-9-10-11-14-19-39-28-16-13-12-15-25(28)32-33-26-18-17-23-20-24(40(36,37)38)21-27(31-22(2)34)29(23)30(26)35/h12-13,15-18,20-21,35H,3-11,14,19H2,1-2H3,(H,31,34)(H,36,37,38). The molecule has 0 radical (unpaired) electrons. The van der Waals surface area contributed by atoms with Crippen LogP contribution in [0.5, 0.6) is 11.5 Å². The first-order valence-electron chi connectivity index (χ1n) is 13.9. The predicted molar refractivity (Wildman–Crippen MR) is 158 cm³/mol. The largest absolute Gasteiger partial charge is 0.505 e. The average Bonchev–Trinajstić information content (AvgIpc) is 2.91. The molecule has 0 aliphatic heterocycles. The molecule has 10 heteroatoms. The maximum atomic E-state index is 11.7. The summed E-state index contributed by atoms with van der Waals surface area (Å²) in [6, 6.07) is 12.5. The number of hydrogen-bond donors (Lipinski definition) is 3. The molecule has 0 aromatic heterocycles. The molecule has 0 aliphatic rings. The van der Waals surface area contributed by atoms with Gasteiger partial charge in [-0.25, -0.2) is 0 Å². The highest BCUT2D eigenvalue weighted by molar-refractivity contribution is 7.85. The van der Waals surface area contributed by atoms with Crippen LogP contribution in [-0.4, -0.2) is 30.6 Å². The minimum atomic E-state index is -4.54. The van der Waals surface area contributed by atoms with Crippen LogP contribution in [-0.2, 0) is 14.9 Å². The number of benzene rings is 3. The number of rotatable bonds is 16. The predicted octanol–water partition coefficient (Wildman–Crippen LogP) is 8.47. The smallest absolute Gasteiger partial charge is 0.294 e. The van der Waals surface area contributed by atoms with Gasteiger partial charge in [-0.05, 0) is 42.1 Å². The number of nitrogens with zero attached hydrogens (tertiary/aromatic N) is 2. The Morgan fingerprint density at radius 1 is 0.875 bits per heavy atom. The van der Waals surface area contributed by atoms with Gasteiger partial charge in [-0.15, -0.1) is 10.2 Å². The van der Waals surface area contributed by atoms with Crippen LogP contribution in [0.2, 0.25) is 0 Å². The zero-order chi connectivity index (χ0) is 29.0. The molecule has 0 unspecified atom stereocenters. The topological polar surface area (TPSA) is 138 Å². The van der Waals surface area contributed by atoms with Gasteiger partial charge in [0.15, 0.2) is 5.75 Å². The molecule has 3 aromatic rings. The fraction of sp³-hybridized carbons (Fsp3) is 0.433. The van der Waals surface area contributed by atoms with E-state index in [-0.39, 0.29) is 27.9 Å². The lowest BCUT2D eigenvalue weighted by Crippen LogP contribution is -2.08. The van der Waals surface area contributed by atoms with Gasteiger partial charge in [-0.3, -0.25) is 9.35 Å². The van der Waals surface area contributed by atoms with Crippen molar-refractivity contribution in [1.82, 2.24) is 0 Å². The number of amides is 1. The first kappa shape index (κ1) is 31.0. The summed E-state index contributed by atoms with van der Waals surface area (Å²) in [6.07, 6.45) is 12.4. The Morgan fingerprint density at radius 3 is 2.15 bits per heavy atom. The summed E-state index contributed by atoms with van der Waals surface area (Å²) in [6.45, 7) is 4.05. The third-order valence-electron chi connectivity index (χ3n) is 6.54. The van der Waals surface area contributed by atoms with E-state index in [2.05, 4.69) is 22.5 Å². The number of para-hydroxylation sites is 1. The Morgan fingerprint density at radius 2 is 1.50 bits per heavy atom. The van der Waals surface area contributed by atoms with E-state index in [0.717, 1.165) is 18.9 Å². The van der Waals surface area contributed by atoms with Gasteiger partial charge in [0.2, 0.25) is 5.91 Å². The van der Waals surface area contributed by atoms with Crippen molar-refractivity contribution < 1.29 is 27.6 Å². The van der Waals surface area contributed by atoms with E-state index >= 15 is 0 Å². The van der Waals surface area contributed by atoms with Crippen molar-refractivity contribution in [2.45, 2.75) is 83.0 Å². The first-order chi connectivity index (χ1) is 19.2. The fourth-order valence-corrected chi connectivity index (χ4v) is 5.01. The van der Waals surface area contributed by atoms with Crippen LogP contribution in [0.3, 0.4) is 0 Å². The highest BCUT2D eigenvalue weighted by atomic mass is 32.2. The Labute approximate surface area is 236 Å². The minimum absolute atomic E-state index is 0.0207. The molecule has 40 heavy (non-hydrogen) atoms. The van der Waals surface area contributed by atoms with Crippen LogP contribution in [0.1, 0.15) is 78.1 Å². The van der Waals surface area contributed by atoms with Crippen molar-refractivity contribution in [1.29, 1.82) is 0 Å². The Balaban J connectivity index is 1.66. The average molecular weight is 570 g/mol. The number of unbranched alkanes of at least 4 members (excludes halogenated alkanes) is 9. The number of aromatic hydroxyl groups is 1. The second-order valence-corrected chi connectivity index (χ2v) is 11.3. The van der Waals surface area contributed by atoms with E-state index in [1.54, 1.807) is 6.07 Å². The number of carbonyl (C=O) groups is 1. The molecular weight excluding hydrogens is 530 g/mol. The lowest BCUT2D eigenvalue weighted by molar-refractivity contribution is -0.114. The number of carbonyl (C=O) groups excluding carboxylic acids is 1. The molecule has 9 nitrogen and oxygen atoms in total. The molecule has 3 N–H and O–H groups in total. The molecule has 0 bridgehead atoms. The first-order valence-corrected chi connectivity index (χ1v) is 15.3. The van der Waals surface area contributed by atoms with Crippen molar-refractivity contribution in [2.24, 2.45) is 10.2 Å². The van der Waals surface area contributed by atoms with Crippen molar-refractivity contribution in [2.75, 3.05) is 11.9 Å². The van der Waals surface area contributed by atoms with E-state index < -0.39 is 20.9 Å². The van der Waals surface area contributed by atoms with Crippen LogP contribution >= 0.6 is 0 Å². The van der Waals surface area contributed by atoms with Gasteiger partial charge in [-0.1, -0.05) is 82.9 Å². The quantitative estimate of drug-likeness (QED) is 0.0898. The van der Waals surface area contributed by atoms with Crippen molar-refractivity contribution in [3.05, 3.63) is 48.5 Å². The van der Waals surface area contributed by atoms with Crippen LogP contribution in [0.25, 0.3) is 10.8 Å². The van der Waals surface area contributed by atoms with E-state index in [1.165, 1.54) is 76.5 Å². The van der Waals surface area contributed by atoms with E-state index in [4.69, 9.17) is 4.74 Å². The van der Waals surface area contributed by atoms with Gasteiger partial charge in [-0.2, -0.15) is 8.42 Å². The second kappa shape index (κ2) is 15.3. The lowest BCUT2D eigenvalue weighted by Gasteiger charge is -2.12. The number of anilines is 1. The Hall–Kier alpha value is -3.50. The van der Waals surface area contributed by atoms with E-state index in [0.29, 0.717) is 18.0 Å². The van der Waals surface area contributed by atoms with Crippen LogP contribution in [0.4, 0.5) is 17.1 Å². The highest BCUT2D eigenvalue weighted by Crippen LogP contribution is 2.41. The summed E-state index contributed by atoms with van der Waals surface area (Å²) < 4.78 is 38.8. The zero-order valence-corrected chi connectivity index (χ0v) is 24.0. The molecule has 0 saturated carbocycles. The molecule has 1 amide bonds. The molecule has 0 fully saturated rings. The number of azo groups is 1. The zero-order valence-electron chi connectivity index (χ0n) is 23.2. The van der Waals surface area contributed by atoms with Crippen LogP contribution in [0, 0.1) is 0 Å². The molecule has 0 aliphatic carbocycles. The Kier molecular flexibility index (Phi) is 11.9. The molecule has 0 saturated heterocycles. The summed E-state index contributed by atoms with van der Waals surface area (Å²) in [5.74, 6) is -0.191. The van der Waals surface area contributed by atoms with E-state index in [9.17, 15) is 22.9 Å². The SMILES string of the molecule is CCCCCCCCCCCCOc1ccccc1N=Nc1ccc2cc(S(=O)(=O)O)cc(NC(C)=O)c2c1O. The maximum absolute atomic E-state index is 11.7. The van der Waals surface area contributed by atoms with Gasteiger partial charge in [0.1, 0.15) is 17.1 Å². The summed E-state index contributed by atoms with van der Waals surface area (Å²) in [5.41, 5.74) is 0.633. The number of phenols is 1. The fourth-order valence-electron chi connectivity index (χ4n) is 4.47. The third kappa shape index (κ3) is 9.31. The number of phenolic OH excluding ortho intramolecular Hbond substituents is 1. The molecule has 216 valence electrons. The summed E-state index contributed by atoms with van der Waals surface area (Å²) in [4.78, 5) is 11.3. The highest BCUT2D eigenvalue weighted by Gasteiger charge is 2.18. The van der Waals surface area contributed by atoms with Crippen molar-refractivity contribution in [3.8, 4) is 11.5 Å². The van der Waals surface area contributed by atoms with Crippen molar-refractivity contribution >= 4 is 43.9 Å². The lowest BCUT2D eigenvalue weighted by atomic mass is 10.1. The maximum Gasteiger partial charge on any atom is 0.294 e. The van der Waals surface area contributed by atoms with Crippen LogP contribution < -0.4 is 10.1 Å². The van der Waals surface area contributed by atoms with Gasteiger partial charge in [0, 0.05) is 12.3 Å². The summed E-state index contributed by atoms with van der Waals surface area (Å²) in [5, 5.41) is 22.4. The van der Waals surface area contributed by atoms with Crippen molar-refractivity contribution in [3.63, 3.8) is 0 Å². The normalized spacial score (nSPS) is 11.8. The minimum Gasteiger partial charge on any atom is -0.505 e. The molecule has 3 rings (SSSR count). The molecule has 0 spiro atoms. The number of fused-ring (bicyclic) bond motifs is 1. The third-order valence-corrected chi connectivity index (χ3v) is 7.37. The van der Waals surface area contributed by atoms with Gasteiger partial charge in [0.25, 0.3) is 10.1 Å². The number of nitrogens with one attached hydrogen (secondary N) is 1. The summed E-state index contributed by atoms with van der Waals surface area (Å²) in [7, 11) is -4.54. The number of ether oxygens (including phenoxy) is 1. The van der Waals surface area contributed by atoms with Crippen LogP contribution in [0.15, 0.2) is 63.7 Å². The Bertz CT molecular complexity index is 1420. The molecule has 0 atom stereocenters. The monoisotopic (exact) mass is 569 g/mol. The number of hydrogen-bond acceptors (Lipinski definition) is 7. The van der Waals surface area contributed by atoms with Gasteiger partial charge < -0.3 is 15.2 Å². The summed E-state index contributed by atoms with van der Waals surface area (Å²) >= 11 is 0.